The molecule has 1 N–H and O–H groups in total. The predicted molar refractivity (Wildman–Crippen MR) is 159 cm³/mol. The third kappa shape index (κ3) is 8.37. The van der Waals surface area contributed by atoms with Gasteiger partial charge in [0.05, 0.1) is 22.0 Å². The molecule has 240 valence electrons. The molecule has 1 aromatic heterocycles. The van der Waals surface area contributed by atoms with Gasteiger partial charge < -0.3 is 9.52 Å². The standard InChI is InChI=1S/C30H24ClF6NO5S2/c1-2-44(28-24(29(32,33)34)7-4-8-25(28)31)38(17-22-13-14-26(43-22)30(35,36)37)16-19-9-11-20(12-10-19)21-5-3-6-23(15-21)45(41,42)18-27(39)40/h2-15H,16-18H2,1H3,(H,39,40). The fourth-order valence-corrected chi connectivity index (χ4v) is 7.97. The number of benzene rings is 3. The summed E-state index contributed by atoms with van der Waals surface area (Å²) in [4.78, 5) is 10.5. The SMILES string of the molecule is C/C=S(\c1c(Cl)cccc1C(F)(F)F)N(Cc1ccc(-c2cccc(S(=O)(=O)CC(=O)O)c2)cc1)Cc1ccc(C(F)(F)F)o1. The molecule has 0 fully saturated rings. The van der Waals surface area contributed by atoms with Gasteiger partial charge in [0.1, 0.15) is 5.76 Å². The summed E-state index contributed by atoms with van der Waals surface area (Å²) in [7, 11) is -5.56. The first-order chi connectivity index (χ1) is 21.0. The Bertz CT molecular complexity index is 1830. The molecule has 0 aliphatic carbocycles. The van der Waals surface area contributed by atoms with Crippen LogP contribution in [0.5, 0.6) is 0 Å². The van der Waals surface area contributed by atoms with E-state index in [0.29, 0.717) is 16.7 Å². The third-order valence-electron chi connectivity index (χ3n) is 6.41. The predicted octanol–water partition coefficient (Wildman–Crippen LogP) is 8.56. The maximum absolute atomic E-state index is 14.0. The molecule has 45 heavy (non-hydrogen) atoms. The highest BCUT2D eigenvalue weighted by molar-refractivity contribution is 8.13. The molecule has 0 aliphatic heterocycles. The van der Waals surface area contributed by atoms with E-state index in [1.54, 1.807) is 30.3 Å². The Morgan fingerprint density at radius 3 is 2.16 bits per heavy atom. The number of carboxylic acids is 1. The minimum atomic E-state index is -4.76. The molecule has 4 aromatic rings. The Hall–Kier alpha value is -3.59. The first kappa shape index (κ1) is 34.3. The molecule has 0 aliphatic rings. The van der Waals surface area contributed by atoms with Crippen LogP contribution in [0.3, 0.4) is 0 Å². The van der Waals surface area contributed by atoms with Crippen LogP contribution in [0, 0.1) is 0 Å². The lowest BCUT2D eigenvalue weighted by Crippen LogP contribution is -2.19. The number of nitrogens with zero attached hydrogens (tertiary/aromatic N) is 1. The Balaban J connectivity index is 1.72. The van der Waals surface area contributed by atoms with Crippen molar-refractivity contribution in [1.82, 2.24) is 4.31 Å². The molecule has 15 heteroatoms. The second kappa shape index (κ2) is 13.4. The van der Waals surface area contributed by atoms with Gasteiger partial charge in [0.15, 0.2) is 15.6 Å². The van der Waals surface area contributed by atoms with Crippen LogP contribution in [-0.4, -0.2) is 34.9 Å². The maximum atomic E-state index is 14.0. The highest BCUT2D eigenvalue weighted by Crippen LogP contribution is 2.46. The molecule has 0 saturated carbocycles. The van der Waals surface area contributed by atoms with Crippen molar-refractivity contribution in [3.63, 3.8) is 0 Å². The lowest BCUT2D eigenvalue weighted by atomic mass is 10.0. The van der Waals surface area contributed by atoms with Gasteiger partial charge in [-0.3, -0.25) is 4.79 Å². The smallest absolute Gasteiger partial charge is 0.449 e. The fourth-order valence-electron chi connectivity index (χ4n) is 4.45. The van der Waals surface area contributed by atoms with Crippen molar-refractivity contribution in [2.75, 3.05) is 5.75 Å². The fraction of sp³-hybridized carbons (Fsp3) is 0.200. The van der Waals surface area contributed by atoms with Crippen LogP contribution in [0.25, 0.3) is 11.1 Å². The average Bonchev–Trinajstić information content (AvgIpc) is 3.43. The largest absolute Gasteiger partial charge is 0.480 e. The topological polar surface area (TPSA) is 87.8 Å². The highest BCUT2D eigenvalue weighted by Gasteiger charge is 2.37. The van der Waals surface area contributed by atoms with Crippen molar-refractivity contribution in [2.45, 2.75) is 42.2 Å². The van der Waals surface area contributed by atoms with Crippen LogP contribution in [-0.2, 0) is 40.1 Å². The quantitative estimate of drug-likeness (QED) is 0.132. The Morgan fingerprint density at radius 1 is 0.911 bits per heavy atom. The lowest BCUT2D eigenvalue weighted by Gasteiger charge is -2.28. The van der Waals surface area contributed by atoms with Crippen LogP contribution >= 0.6 is 22.3 Å². The number of sulfone groups is 1. The zero-order valence-corrected chi connectivity index (χ0v) is 25.6. The van der Waals surface area contributed by atoms with E-state index in [4.69, 9.17) is 21.1 Å². The van der Waals surface area contributed by atoms with Crippen LogP contribution < -0.4 is 0 Å². The van der Waals surface area contributed by atoms with Crippen LogP contribution in [0.2, 0.25) is 5.02 Å². The number of hydrogen-bond acceptors (Lipinski definition) is 5. The van der Waals surface area contributed by atoms with E-state index in [1.807, 2.05) is 0 Å². The minimum Gasteiger partial charge on any atom is -0.480 e. The van der Waals surface area contributed by atoms with Crippen molar-refractivity contribution in [1.29, 1.82) is 0 Å². The third-order valence-corrected chi connectivity index (χ3v) is 10.6. The monoisotopic (exact) mass is 691 g/mol. The van der Waals surface area contributed by atoms with Gasteiger partial charge in [-0.05, 0) is 65.4 Å². The van der Waals surface area contributed by atoms with E-state index in [-0.39, 0.29) is 33.7 Å². The Labute approximate surface area is 261 Å². The van der Waals surface area contributed by atoms with Gasteiger partial charge in [-0.2, -0.15) is 26.3 Å². The van der Waals surface area contributed by atoms with Crippen molar-refractivity contribution >= 4 is 43.4 Å². The molecule has 3 aromatic carbocycles. The first-order valence-electron chi connectivity index (χ1n) is 12.9. The zero-order chi connectivity index (χ0) is 33.2. The minimum absolute atomic E-state index is 0.0364. The zero-order valence-electron chi connectivity index (χ0n) is 23.2. The number of aliphatic carboxylic acids is 1. The summed E-state index contributed by atoms with van der Waals surface area (Å²) < 4.78 is 113. The van der Waals surface area contributed by atoms with E-state index in [9.17, 15) is 39.6 Å². The Morgan fingerprint density at radius 2 is 1.58 bits per heavy atom. The number of rotatable bonds is 10. The summed E-state index contributed by atoms with van der Waals surface area (Å²) in [5.41, 5.74) is 0.610. The van der Waals surface area contributed by atoms with Crippen LogP contribution in [0.4, 0.5) is 26.3 Å². The number of hydrogen-bond donors (Lipinski definition) is 1. The van der Waals surface area contributed by atoms with Crippen LogP contribution in [0.1, 0.15) is 29.6 Å². The summed E-state index contributed by atoms with van der Waals surface area (Å²) in [5.74, 6) is -3.95. The summed E-state index contributed by atoms with van der Waals surface area (Å²) in [5, 5.41) is 10.2. The number of carboxylic acid groups (broad SMARTS) is 1. The van der Waals surface area contributed by atoms with Crippen LogP contribution in [0.15, 0.2) is 93.1 Å². The highest BCUT2D eigenvalue weighted by atomic mass is 35.5. The van der Waals surface area contributed by atoms with Gasteiger partial charge in [-0.25, -0.2) is 12.7 Å². The molecule has 1 atom stereocenters. The molecule has 0 bridgehead atoms. The van der Waals surface area contributed by atoms with E-state index in [2.05, 4.69) is 0 Å². The summed E-state index contributed by atoms with van der Waals surface area (Å²) in [6.07, 6.45) is -9.52. The van der Waals surface area contributed by atoms with Gasteiger partial charge in [0, 0.05) is 11.4 Å². The summed E-state index contributed by atoms with van der Waals surface area (Å²) >= 11 is 6.30. The van der Waals surface area contributed by atoms with E-state index in [1.165, 1.54) is 46.9 Å². The molecule has 0 saturated heterocycles. The molecule has 4 rings (SSSR count). The van der Waals surface area contributed by atoms with Gasteiger partial charge >= 0.3 is 18.3 Å². The van der Waals surface area contributed by atoms with E-state index in [0.717, 1.165) is 18.2 Å². The molecule has 6 nitrogen and oxygen atoms in total. The summed E-state index contributed by atoms with van der Waals surface area (Å²) in [6.45, 7) is 1.19. The lowest BCUT2D eigenvalue weighted by molar-refractivity contribution is -0.153. The van der Waals surface area contributed by atoms with E-state index >= 15 is 0 Å². The number of halogens is 7. The normalized spacial score (nSPS) is 13.4. The molecular weight excluding hydrogens is 668 g/mol. The van der Waals surface area contributed by atoms with Crippen molar-refractivity contribution in [3.05, 3.63) is 107 Å². The number of alkyl halides is 6. The molecule has 0 amide bonds. The van der Waals surface area contributed by atoms with Gasteiger partial charge in [0.2, 0.25) is 5.76 Å². The van der Waals surface area contributed by atoms with Gasteiger partial charge in [0.25, 0.3) is 0 Å². The second-order valence-electron chi connectivity index (χ2n) is 9.60. The molecular formula is C30H24ClF6NO5S2. The van der Waals surface area contributed by atoms with Crippen molar-refractivity contribution < 1.29 is 49.1 Å². The molecule has 1 heterocycles. The van der Waals surface area contributed by atoms with E-state index < -0.39 is 55.9 Å². The molecule has 0 radical (unpaired) electrons. The number of furan rings is 1. The van der Waals surface area contributed by atoms with Gasteiger partial charge in [-0.15, -0.1) is 0 Å². The maximum Gasteiger partial charge on any atom is 0.449 e. The van der Waals surface area contributed by atoms with Gasteiger partial charge in [-0.1, -0.05) is 64.7 Å². The second-order valence-corrected chi connectivity index (χ2v) is 14.0. The molecule has 0 spiro atoms. The molecule has 1 unspecified atom stereocenters. The van der Waals surface area contributed by atoms with Crippen molar-refractivity contribution in [2.24, 2.45) is 0 Å². The summed E-state index contributed by atoms with van der Waals surface area (Å²) in [6, 6.07) is 17.4. The number of carbonyl (C=O) groups is 1. The Kier molecular flexibility index (Phi) is 10.2. The van der Waals surface area contributed by atoms with Crippen molar-refractivity contribution in [3.8, 4) is 11.1 Å². The average molecular weight is 692 g/mol. The first-order valence-corrected chi connectivity index (χ1v) is 16.2.